The SMILES string of the molecule is C=C(C)C(=O)OCCNC(=O)CCCCCCCCCC. The maximum atomic E-state index is 11.5. The van der Waals surface area contributed by atoms with Crippen molar-refractivity contribution in [3.05, 3.63) is 12.2 Å². The lowest BCUT2D eigenvalue weighted by Gasteiger charge is -2.06. The summed E-state index contributed by atoms with van der Waals surface area (Å²) in [5.41, 5.74) is 0.375. The number of hydrogen-bond acceptors (Lipinski definition) is 3. The lowest BCUT2D eigenvalue weighted by Crippen LogP contribution is -2.27. The summed E-state index contributed by atoms with van der Waals surface area (Å²) in [6, 6.07) is 0. The van der Waals surface area contributed by atoms with E-state index in [2.05, 4.69) is 18.8 Å². The number of rotatable bonds is 13. The minimum absolute atomic E-state index is 0.0346. The average Bonchev–Trinajstić information content (AvgIpc) is 2.46. The Bertz CT molecular complexity index is 313. The van der Waals surface area contributed by atoms with Gasteiger partial charge in [-0.15, -0.1) is 0 Å². The van der Waals surface area contributed by atoms with Crippen LogP contribution in [0.25, 0.3) is 0 Å². The van der Waals surface area contributed by atoms with Crippen LogP contribution >= 0.6 is 0 Å². The van der Waals surface area contributed by atoms with Gasteiger partial charge in [-0.1, -0.05) is 58.4 Å². The van der Waals surface area contributed by atoms with E-state index in [1.165, 1.54) is 38.5 Å². The highest BCUT2D eigenvalue weighted by Gasteiger charge is 2.04. The summed E-state index contributed by atoms with van der Waals surface area (Å²) in [6.45, 7) is 7.88. The molecule has 0 aromatic carbocycles. The maximum absolute atomic E-state index is 11.5. The molecule has 0 rings (SSSR count). The van der Waals surface area contributed by atoms with Crippen LogP contribution in [0.2, 0.25) is 0 Å². The predicted octanol–water partition coefficient (Wildman–Crippen LogP) is 3.75. The van der Waals surface area contributed by atoms with Gasteiger partial charge in [-0.05, 0) is 13.3 Å². The fourth-order valence-corrected chi connectivity index (χ4v) is 1.97. The maximum Gasteiger partial charge on any atom is 0.333 e. The highest BCUT2D eigenvalue weighted by atomic mass is 16.5. The monoisotopic (exact) mass is 297 g/mol. The Morgan fingerprint density at radius 2 is 1.57 bits per heavy atom. The van der Waals surface area contributed by atoms with Crippen LogP contribution in [0.1, 0.15) is 71.6 Å². The Morgan fingerprint density at radius 3 is 2.14 bits per heavy atom. The second-order valence-corrected chi connectivity index (χ2v) is 5.49. The third kappa shape index (κ3) is 13.4. The summed E-state index contributed by atoms with van der Waals surface area (Å²) in [4.78, 5) is 22.6. The van der Waals surface area contributed by atoms with E-state index in [9.17, 15) is 9.59 Å². The predicted molar refractivity (Wildman–Crippen MR) is 86.0 cm³/mol. The lowest BCUT2D eigenvalue weighted by atomic mass is 10.1. The van der Waals surface area contributed by atoms with Crippen molar-refractivity contribution in [2.24, 2.45) is 0 Å². The Kier molecular flexibility index (Phi) is 12.8. The van der Waals surface area contributed by atoms with Crippen LogP contribution in [-0.2, 0) is 14.3 Å². The van der Waals surface area contributed by atoms with Crippen molar-refractivity contribution in [1.29, 1.82) is 0 Å². The molecule has 0 heterocycles. The summed E-state index contributed by atoms with van der Waals surface area (Å²) < 4.78 is 4.89. The van der Waals surface area contributed by atoms with Gasteiger partial charge in [0.25, 0.3) is 0 Å². The molecule has 21 heavy (non-hydrogen) atoms. The summed E-state index contributed by atoms with van der Waals surface area (Å²) in [7, 11) is 0. The summed E-state index contributed by atoms with van der Waals surface area (Å²) in [5.74, 6) is -0.375. The number of carbonyl (C=O) groups excluding carboxylic acids is 2. The number of nitrogens with one attached hydrogen (secondary N) is 1. The second-order valence-electron chi connectivity index (χ2n) is 5.49. The second kappa shape index (κ2) is 13.7. The molecule has 0 saturated carbocycles. The molecule has 0 aliphatic carbocycles. The standard InChI is InChI=1S/C17H31NO3/c1-4-5-6-7-8-9-10-11-12-16(19)18-13-14-21-17(20)15(2)3/h2,4-14H2,1,3H3,(H,18,19). The van der Waals surface area contributed by atoms with E-state index in [-0.39, 0.29) is 12.5 Å². The number of unbranched alkanes of at least 4 members (excludes halogenated alkanes) is 7. The molecule has 0 spiro atoms. The molecular weight excluding hydrogens is 266 g/mol. The van der Waals surface area contributed by atoms with Gasteiger partial charge >= 0.3 is 5.97 Å². The van der Waals surface area contributed by atoms with E-state index >= 15 is 0 Å². The van der Waals surface area contributed by atoms with E-state index in [0.29, 0.717) is 18.5 Å². The summed E-state index contributed by atoms with van der Waals surface area (Å²) in [5, 5.41) is 2.75. The molecule has 0 atom stereocenters. The first-order valence-corrected chi connectivity index (χ1v) is 8.17. The number of hydrogen-bond donors (Lipinski definition) is 1. The van der Waals surface area contributed by atoms with E-state index in [1.54, 1.807) is 6.92 Å². The summed E-state index contributed by atoms with van der Waals surface area (Å²) >= 11 is 0. The van der Waals surface area contributed by atoms with Crippen molar-refractivity contribution in [3.63, 3.8) is 0 Å². The fourth-order valence-electron chi connectivity index (χ4n) is 1.97. The Hall–Kier alpha value is -1.32. The highest BCUT2D eigenvalue weighted by molar-refractivity contribution is 5.86. The van der Waals surface area contributed by atoms with E-state index in [0.717, 1.165) is 12.8 Å². The van der Waals surface area contributed by atoms with Gasteiger partial charge in [-0.3, -0.25) is 4.79 Å². The number of amides is 1. The van der Waals surface area contributed by atoms with Crippen LogP contribution in [0.3, 0.4) is 0 Å². The van der Waals surface area contributed by atoms with Crippen molar-refractivity contribution in [2.45, 2.75) is 71.6 Å². The Balaban J connectivity index is 3.31. The van der Waals surface area contributed by atoms with Crippen molar-refractivity contribution >= 4 is 11.9 Å². The van der Waals surface area contributed by atoms with Crippen molar-refractivity contribution in [2.75, 3.05) is 13.2 Å². The molecule has 0 unspecified atom stereocenters. The fraction of sp³-hybridized carbons (Fsp3) is 0.765. The van der Waals surface area contributed by atoms with Gasteiger partial charge in [0.15, 0.2) is 0 Å². The molecule has 0 aliphatic rings. The van der Waals surface area contributed by atoms with Gasteiger partial charge in [0.2, 0.25) is 5.91 Å². The molecule has 0 radical (unpaired) electrons. The van der Waals surface area contributed by atoms with Gasteiger partial charge in [-0.25, -0.2) is 4.79 Å². The Morgan fingerprint density at radius 1 is 1.00 bits per heavy atom. The van der Waals surface area contributed by atoms with Crippen LogP contribution in [0.5, 0.6) is 0 Å². The molecule has 0 fully saturated rings. The van der Waals surface area contributed by atoms with Gasteiger partial charge in [0.05, 0.1) is 6.54 Å². The van der Waals surface area contributed by atoms with Crippen LogP contribution < -0.4 is 5.32 Å². The van der Waals surface area contributed by atoms with Crippen molar-refractivity contribution in [3.8, 4) is 0 Å². The average molecular weight is 297 g/mol. The third-order valence-corrected chi connectivity index (χ3v) is 3.26. The minimum Gasteiger partial charge on any atom is -0.460 e. The largest absolute Gasteiger partial charge is 0.460 e. The number of ether oxygens (including phenoxy) is 1. The van der Waals surface area contributed by atoms with Crippen molar-refractivity contribution < 1.29 is 14.3 Å². The van der Waals surface area contributed by atoms with Crippen LogP contribution in [0, 0.1) is 0 Å². The molecule has 1 amide bonds. The van der Waals surface area contributed by atoms with Gasteiger partial charge in [-0.2, -0.15) is 0 Å². The zero-order chi connectivity index (χ0) is 15.9. The normalized spacial score (nSPS) is 10.2. The number of esters is 1. The molecule has 4 nitrogen and oxygen atoms in total. The third-order valence-electron chi connectivity index (χ3n) is 3.26. The first-order chi connectivity index (χ1) is 10.1. The van der Waals surface area contributed by atoms with E-state index in [1.807, 2.05) is 0 Å². The first-order valence-electron chi connectivity index (χ1n) is 8.17. The zero-order valence-corrected chi connectivity index (χ0v) is 13.7. The summed E-state index contributed by atoms with van der Waals surface area (Å²) in [6.07, 6.45) is 10.4. The number of carbonyl (C=O) groups is 2. The van der Waals surface area contributed by atoms with Crippen LogP contribution in [0.4, 0.5) is 0 Å². The molecule has 0 bridgehead atoms. The van der Waals surface area contributed by atoms with Gasteiger partial charge < -0.3 is 10.1 Å². The van der Waals surface area contributed by atoms with E-state index in [4.69, 9.17) is 4.74 Å². The molecule has 4 heteroatoms. The van der Waals surface area contributed by atoms with Crippen LogP contribution in [-0.4, -0.2) is 25.0 Å². The van der Waals surface area contributed by atoms with E-state index < -0.39 is 5.97 Å². The van der Waals surface area contributed by atoms with Gasteiger partial charge in [0.1, 0.15) is 6.61 Å². The molecular formula is C17H31NO3. The smallest absolute Gasteiger partial charge is 0.333 e. The molecule has 1 N–H and O–H groups in total. The van der Waals surface area contributed by atoms with Crippen molar-refractivity contribution in [1.82, 2.24) is 5.32 Å². The van der Waals surface area contributed by atoms with Crippen LogP contribution in [0.15, 0.2) is 12.2 Å². The van der Waals surface area contributed by atoms with Gasteiger partial charge in [0, 0.05) is 12.0 Å². The Labute approximate surface area is 129 Å². The quantitative estimate of drug-likeness (QED) is 0.320. The molecule has 0 aromatic rings. The highest BCUT2D eigenvalue weighted by Crippen LogP contribution is 2.09. The lowest BCUT2D eigenvalue weighted by molar-refractivity contribution is -0.139. The zero-order valence-electron chi connectivity index (χ0n) is 13.7. The first kappa shape index (κ1) is 19.7. The molecule has 0 aromatic heterocycles. The minimum atomic E-state index is -0.410. The molecule has 0 aliphatic heterocycles. The molecule has 0 saturated heterocycles. The molecule has 122 valence electrons. The topological polar surface area (TPSA) is 55.4 Å².